The van der Waals surface area contributed by atoms with Crippen LogP contribution in [-0.4, -0.2) is 12.1 Å². The van der Waals surface area contributed by atoms with E-state index >= 15 is 0 Å². The van der Waals surface area contributed by atoms with E-state index in [1.165, 1.54) is 18.4 Å². The molecule has 0 aromatic rings. The monoisotopic (exact) mass is 288 g/mol. The SMILES string of the molecule is C=C(C=O)CCC1(C)C(C)CCC2(C)C(C)=CC(=O)CC21. The zero-order chi connectivity index (χ0) is 15.8. The third-order valence-corrected chi connectivity index (χ3v) is 6.62. The number of carbonyl (C=O) groups excluding carboxylic acids is 2. The summed E-state index contributed by atoms with van der Waals surface area (Å²) in [6, 6.07) is 0. The molecule has 2 heteroatoms. The molecule has 2 nitrogen and oxygen atoms in total. The van der Waals surface area contributed by atoms with Crippen LogP contribution in [-0.2, 0) is 9.59 Å². The predicted octanol–water partition coefficient (Wildman–Crippen LogP) is 4.50. The molecule has 0 aliphatic heterocycles. The minimum absolute atomic E-state index is 0.101. The van der Waals surface area contributed by atoms with Gasteiger partial charge in [0.05, 0.1) is 0 Å². The van der Waals surface area contributed by atoms with Crippen LogP contribution < -0.4 is 0 Å². The topological polar surface area (TPSA) is 34.1 Å². The summed E-state index contributed by atoms with van der Waals surface area (Å²) in [5.74, 6) is 1.23. The summed E-state index contributed by atoms with van der Waals surface area (Å²) in [6.07, 6.45) is 7.43. The van der Waals surface area contributed by atoms with E-state index in [2.05, 4.69) is 34.3 Å². The van der Waals surface area contributed by atoms with Crippen molar-refractivity contribution in [3.05, 3.63) is 23.8 Å². The number of hydrogen-bond donors (Lipinski definition) is 0. The van der Waals surface area contributed by atoms with Gasteiger partial charge in [0.1, 0.15) is 6.29 Å². The van der Waals surface area contributed by atoms with Crippen molar-refractivity contribution in [2.24, 2.45) is 22.7 Å². The van der Waals surface area contributed by atoms with Gasteiger partial charge in [0.2, 0.25) is 0 Å². The van der Waals surface area contributed by atoms with Gasteiger partial charge in [-0.2, -0.15) is 0 Å². The first-order chi connectivity index (χ1) is 9.74. The molecule has 0 radical (unpaired) electrons. The fraction of sp³-hybridized carbons (Fsp3) is 0.684. The second-order valence-electron chi connectivity index (χ2n) is 7.69. The van der Waals surface area contributed by atoms with Crippen LogP contribution in [0.5, 0.6) is 0 Å². The molecule has 0 saturated heterocycles. The lowest BCUT2D eigenvalue weighted by Gasteiger charge is -2.57. The highest BCUT2D eigenvalue weighted by Gasteiger charge is 2.54. The van der Waals surface area contributed by atoms with Gasteiger partial charge in [-0.05, 0) is 66.9 Å². The summed E-state index contributed by atoms with van der Waals surface area (Å²) in [4.78, 5) is 23.0. The van der Waals surface area contributed by atoms with Gasteiger partial charge in [-0.3, -0.25) is 9.59 Å². The molecule has 2 aliphatic rings. The van der Waals surface area contributed by atoms with Crippen LogP contribution in [0.15, 0.2) is 23.8 Å². The molecule has 116 valence electrons. The first-order valence-electron chi connectivity index (χ1n) is 8.08. The van der Waals surface area contributed by atoms with E-state index in [1.54, 1.807) is 0 Å². The molecule has 1 fully saturated rings. The van der Waals surface area contributed by atoms with Crippen molar-refractivity contribution < 1.29 is 9.59 Å². The maximum atomic E-state index is 12.1. The zero-order valence-corrected chi connectivity index (χ0v) is 13.9. The van der Waals surface area contributed by atoms with Gasteiger partial charge in [0.15, 0.2) is 5.78 Å². The zero-order valence-electron chi connectivity index (χ0n) is 13.9. The number of carbonyl (C=O) groups is 2. The molecule has 0 aromatic heterocycles. The van der Waals surface area contributed by atoms with Crippen LogP contribution >= 0.6 is 0 Å². The molecular weight excluding hydrogens is 260 g/mol. The first kappa shape index (κ1) is 16.2. The Bertz CT molecular complexity index is 502. The molecule has 0 amide bonds. The molecule has 0 spiro atoms. The lowest BCUT2D eigenvalue weighted by atomic mass is 9.47. The van der Waals surface area contributed by atoms with E-state index in [4.69, 9.17) is 0 Å². The fourth-order valence-electron chi connectivity index (χ4n) is 4.60. The summed E-state index contributed by atoms with van der Waals surface area (Å²) in [6.45, 7) is 12.9. The van der Waals surface area contributed by atoms with Gasteiger partial charge in [0, 0.05) is 6.42 Å². The Kier molecular flexibility index (Phi) is 4.28. The lowest BCUT2D eigenvalue weighted by Crippen LogP contribution is -2.50. The number of hydrogen-bond acceptors (Lipinski definition) is 2. The average molecular weight is 288 g/mol. The number of allylic oxidation sites excluding steroid dienone is 3. The summed E-state index contributed by atoms with van der Waals surface area (Å²) < 4.78 is 0. The van der Waals surface area contributed by atoms with Crippen molar-refractivity contribution in [1.29, 1.82) is 0 Å². The maximum absolute atomic E-state index is 12.1. The molecule has 1 saturated carbocycles. The fourth-order valence-corrected chi connectivity index (χ4v) is 4.60. The van der Waals surface area contributed by atoms with Crippen LogP contribution in [0, 0.1) is 22.7 Å². The molecule has 2 rings (SSSR count). The smallest absolute Gasteiger partial charge is 0.155 e. The van der Waals surface area contributed by atoms with E-state index < -0.39 is 0 Å². The van der Waals surface area contributed by atoms with E-state index in [-0.39, 0.29) is 16.6 Å². The Morgan fingerprint density at radius 1 is 1.48 bits per heavy atom. The second-order valence-corrected chi connectivity index (χ2v) is 7.69. The summed E-state index contributed by atoms with van der Waals surface area (Å²) in [5, 5.41) is 0. The Morgan fingerprint density at radius 2 is 2.14 bits per heavy atom. The van der Waals surface area contributed by atoms with E-state index in [0.717, 1.165) is 19.1 Å². The van der Waals surface area contributed by atoms with Crippen LogP contribution in [0.1, 0.15) is 59.8 Å². The maximum Gasteiger partial charge on any atom is 0.155 e. The van der Waals surface area contributed by atoms with Gasteiger partial charge in [0.25, 0.3) is 0 Å². The molecule has 0 N–H and O–H groups in total. The Labute approximate surface area is 128 Å². The second kappa shape index (κ2) is 5.55. The molecule has 0 bridgehead atoms. The van der Waals surface area contributed by atoms with Gasteiger partial charge < -0.3 is 0 Å². The Morgan fingerprint density at radius 3 is 2.76 bits per heavy atom. The van der Waals surface area contributed by atoms with Crippen molar-refractivity contribution in [2.45, 2.75) is 59.8 Å². The van der Waals surface area contributed by atoms with Crippen molar-refractivity contribution in [2.75, 3.05) is 0 Å². The highest BCUT2D eigenvalue weighted by molar-refractivity contribution is 5.92. The Balaban J connectivity index is 2.34. The number of rotatable bonds is 4. The average Bonchev–Trinajstić information content (AvgIpc) is 2.44. The van der Waals surface area contributed by atoms with E-state index in [1.807, 2.05) is 6.08 Å². The standard InChI is InChI=1S/C19H28O2/c1-13(12-20)6-8-18(4)14(2)7-9-19(5)15(3)10-16(21)11-17(18)19/h10,12,14,17H,1,6-9,11H2,2-5H3. The first-order valence-corrected chi connectivity index (χ1v) is 8.08. The van der Waals surface area contributed by atoms with Gasteiger partial charge in [-0.1, -0.05) is 32.9 Å². The Hall–Kier alpha value is -1.18. The normalized spacial score (nSPS) is 39.4. The van der Waals surface area contributed by atoms with Crippen LogP contribution in [0.4, 0.5) is 0 Å². The molecule has 21 heavy (non-hydrogen) atoms. The largest absolute Gasteiger partial charge is 0.298 e. The minimum Gasteiger partial charge on any atom is -0.298 e. The number of ketones is 1. The van der Waals surface area contributed by atoms with Crippen LogP contribution in [0.3, 0.4) is 0 Å². The van der Waals surface area contributed by atoms with E-state index in [0.29, 0.717) is 23.8 Å². The van der Waals surface area contributed by atoms with Crippen LogP contribution in [0.25, 0.3) is 0 Å². The minimum atomic E-state index is 0.101. The van der Waals surface area contributed by atoms with Gasteiger partial charge in [-0.15, -0.1) is 0 Å². The highest BCUT2D eigenvalue weighted by Crippen LogP contribution is 2.61. The lowest BCUT2D eigenvalue weighted by molar-refractivity contribution is -0.123. The summed E-state index contributed by atoms with van der Waals surface area (Å²) in [7, 11) is 0. The molecule has 0 heterocycles. The van der Waals surface area contributed by atoms with E-state index in [9.17, 15) is 9.59 Å². The van der Waals surface area contributed by atoms with Gasteiger partial charge in [-0.25, -0.2) is 0 Å². The van der Waals surface area contributed by atoms with Crippen molar-refractivity contribution in [3.63, 3.8) is 0 Å². The van der Waals surface area contributed by atoms with Crippen molar-refractivity contribution in [1.82, 2.24) is 0 Å². The van der Waals surface area contributed by atoms with Crippen LogP contribution in [0.2, 0.25) is 0 Å². The molecule has 4 unspecified atom stereocenters. The molecule has 0 aromatic carbocycles. The quantitative estimate of drug-likeness (QED) is 0.564. The molecule has 2 aliphatic carbocycles. The third-order valence-electron chi connectivity index (χ3n) is 6.62. The molecule has 4 atom stereocenters. The number of aldehydes is 1. The van der Waals surface area contributed by atoms with Crippen molar-refractivity contribution in [3.8, 4) is 0 Å². The summed E-state index contributed by atoms with van der Waals surface area (Å²) in [5.41, 5.74) is 2.16. The summed E-state index contributed by atoms with van der Waals surface area (Å²) >= 11 is 0. The third kappa shape index (κ3) is 2.65. The number of fused-ring (bicyclic) bond motifs is 1. The van der Waals surface area contributed by atoms with Gasteiger partial charge >= 0.3 is 0 Å². The highest BCUT2D eigenvalue weighted by atomic mass is 16.1. The predicted molar refractivity (Wildman–Crippen MR) is 85.9 cm³/mol. The molecular formula is C19H28O2. The van der Waals surface area contributed by atoms with Crippen molar-refractivity contribution >= 4 is 12.1 Å².